The molecule has 1 aromatic rings. The van der Waals surface area contributed by atoms with E-state index in [-0.39, 0.29) is 0 Å². The van der Waals surface area contributed by atoms with Gasteiger partial charge in [0, 0.05) is 13.1 Å². The molecule has 1 unspecified atom stereocenters. The highest BCUT2D eigenvalue weighted by Gasteiger charge is 2.18. The number of aromatic nitrogens is 1. The predicted octanol–water partition coefficient (Wildman–Crippen LogP) is 2.93. The summed E-state index contributed by atoms with van der Waals surface area (Å²) in [5.41, 5.74) is 6.55. The fourth-order valence-corrected chi connectivity index (χ4v) is 2.38. The predicted molar refractivity (Wildman–Crippen MR) is 79.6 cm³/mol. The second-order valence-corrected chi connectivity index (χ2v) is 5.96. The molecule has 2 rings (SSSR count). The van der Waals surface area contributed by atoms with Gasteiger partial charge >= 0.3 is 0 Å². The third-order valence-corrected chi connectivity index (χ3v) is 3.41. The molecule has 0 spiro atoms. The topological polar surface area (TPSA) is 51.4 Å². The fraction of sp³-hybridized carbons (Fsp3) is 0.667. The smallest absolute Gasteiger partial charge is 0.239 e. The first-order valence-electron chi connectivity index (χ1n) is 7.20. The van der Waals surface area contributed by atoms with Crippen LogP contribution in [-0.2, 0) is 0 Å². The van der Waals surface area contributed by atoms with Gasteiger partial charge < -0.3 is 15.4 Å². The maximum absolute atomic E-state index is 5.93. The molecular formula is C15H25N3O. The van der Waals surface area contributed by atoms with Crippen LogP contribution in [0, 0.1) is 11.8 Å². The molecule has 1 aliphatic heterocycles. The third-order valence-electron chi connectivity index (χ3n) is 3.41. The van der Waals surface area contributed by atoms with E-state index in [0.717, 1.165) is 24.8 Å². The molecule has 1 aromatic heterocycles. The van der Waals surface area contributed by atoms with Gasteiger partial charge in [-0.15, -0.1) is 0 Å². The number of anilines is 2. The highest BCUT2D eigenvalue weighted by Crippen LogP contribution is 2.26. The third kappa shape index (κ3) is 3.75. The Labute approximate surface area is 116 Å². The van der Waals surface area contributed by atoms with Crippen LogP contribution in [-0.4, -0.2) is 24.7 Å². The van der Waals surface area contributed by atoms with Crippen molar-refractivity contribution in [3.8, 4) is 5.88 Å². The van der Waals surface area contributed by atoms with Gasteiger partial charge in [0.2, 0.25) is 5.88 Å². The maximum Gasteiger partial charge on any atom is 0.239 e. The van der Waals surface area contributed by atoms with Gasteiger partial charge in [-0.05, 0) is 36.8 Å². The number of hydrogen-bond donors (Lipinski definition) is 1. The van der Waals surface area contributed by atoms with Gasteiger partial charge in [-0.25, -0.2) is 0 Å². The lowest BCUT2D eigenvalue weighted by molar-refractivity contribution is 0.263. The van der Waals surface area contributed by atoms with Crippen molar-refractivity contribution in [1.82, 2.24) is 4.98 Å². The first kappa shape index (κ1) is 14.0. The molecule has 2 heterocycles. The normalized spacial score (nSPS) is 19.8. The minimum Gasteiger partial charge on any atom is -0.476 e. The molecule has 1 saturated heterocycles. The summed E-state index contributed by atoms with van der Waals surface area (Å²) in [5, 5.41) is 0. The Bertz CT molecular complexity index is 420. The number of nitrogens with two attached hydrogens (primary N) is 1. The molecule has 0 bridgehead atoms. The second kappa shape index (κ2) is 6.13. The highest BCUT2D eigenvalue weighted by molar-refractivity contribution is 5.54. The van der Waals surface area contributed by atoms with Gasteiger partial charge in [0.1, 0.15) is 5.82 Å². The fourth-order valence-electron chi connectivity index (χ4n) is 2.38. The molecule has 1 aliphatic rings. The van der Waals surface area contributed by atoms with Crippen LogP contribution in [0.25, 0.3) is 0 Å². The van der Waals surface area contributed by atoms with Crippen LogP contribution >= 0.6 is 0 Å². The molecule has 2 N–H and O–H groups in total. The standard InChI is InChI=1S/C15H25N3O/c1-11(2)10-19-15-13(16)6-7-14(17-15)18-8-4-5-12(3)9-18/h6-7,11-12H,4-5,8-10,16H2,1-3H3. The molecule has 0 radical (unpaired) electrons. The van der Waals surface area contributed by atoms with Gasteiger partial charge in [0.25, 0.3) is 0 Å². The first-order valence-corrected chi connectivity index (χ1v) is 7.20. The largest absolute Gasteiger partial charge is 0.476 e. The van der Waals surface area contributed by atoms with E-state index in [1.54, 1.807) is 0 Å². The van der Waals surface area contributed by atoms with Gasteiger partial charge in [-0.1, -0.05) is 20.8 Å². The first-order chi connectivity index (χ1) is 9.06. The van der Waals surface area contributed by atoms with Crippen LogP contribution in [0.15, 0.2) is 12.1 Å². The van der Waals surface area contributed by atoms with Crippen LogP contribution in [0.5, 0.6) is 5.88 Å². The van der Waals surface area contributed by atoms with Gasteiger partial charge in [-0.2, -0.15) is 4.98 Å². The molecule has 19 heavy (non-hydrogen) atoms. The molecule has 106 valence electrons. The van der Waals surface area contributed by atoms with E-state index in [1.165, 1.54) is 12.8 Å². The number of nitrogens with zero attached hydrogens (tertiary/aromatic N) is 2. The Kier molecular flexibility index (Phi) is 4.51. The van der Waals surface area contributed by atoms with Crippen molar-refractivity contribution in [2.75, 3.05) is 30.3 Å². The minimum absolute atomic E-state index is 0.472. The Morgan fingerprint density at radius 3 is 2.95 bits per heavy atom. The van der Waals surface area contributed by atoms with Gasteiger partial charge in [0.05, 0.1) is 12.3 Å². The number of nitrogen functional groups attached to an aromatic ring is 1. The van der Waals surface area contributed by atoms with Crippen molar-refractivity contribution in [3.63, 3.8) is 0 Å². The summed E-state index contributed by atoms with van der Waals surface area (Å²) in [6.07, 6.45) is 2.54. The average Bonchev–Trinajstić information content (AvgIpc) is 2.37. The zero-order chi connectivity index (χ0) is 13.8. The van der Waals surface area contributed by atoms with E-state index in [2.05, 4.69) is 30.7 Å². The molecule has 1 fully saturated rings. The summed E-state index contributed by atoms with van der Waals surface area (Å²) < 4.78 is 5.69. The summed E-state index contributed by atoms with van der Waals surface area (Å²) in [6.45, 7) is 9.32. The van der Waals surface area contributed by atoms with Crippen molar-refractivity contribution in [2.45, 2.75) is 33.6 Å². The Morgan fingerprint density at radius 1 is 1.47 bits per heavy atom. The SMILES string of the molecule is CC(C)COc1nc(N2CCCC(C)C2)ccc1N. The monoisotopic (exact) mass is 263 g/mol. The number of pyridine rings is 1. The average molecular weight is 263 g/mol. The zero-order valence-electron chi connectivity index (χ0n) is 12.2. The Morgan fingerprint density at radius 2 is 2.26 bits per heavy atom. The number of hydrogen-bond acceptors (Lipinski definition) is 4. The Hall–Kier alpha value is -1.45. The highest BCUT2D eigenvalue weighted by atomic mass is 16.5. The van der Waals surface area contributed by atoms with E-state index < -0.39 is 0 Å². The van der Waals surface area contributed by atoms with Gasteiger partial charge in [0.15, 0.2) is 0 Å². The molecule has 0 aliphatic carbocycles. The molecule has 0 aromatic carbocycles. The number of piperidine rings is 1. The van der Waals surface area contributed by atoms with Gasteiger partial charge in [-0.3, -0.25) is 0 Å². The molecule has 1 atom stereocenters. The molecule has 0 amide bonds. The zero-order valence-corrected chi connectivity index (χ0v) is 12.2. The van der Waals surface area contributed by atoms with Crippen molar-refractivity contribution in [2.24, 2.45) is 11.8 Å². The van der Waals surface area contributed by atoms with Crippen molar-refractivity contribution in [1.29, 1.82) is 0 Å². The summed E-state index contributed by atoms with van der Waals surface area (Å²) in [6, 6.07) is 3.90. The molecule has 0 saturated carbocycles. The van der Waals surface area contributed by atoms with Crippen LogP contribution in [0.1, 0.15) is 33.6 Å². The van der Waals surface area contributed by atoms with Crippen molar-refractivity contribution >= 4 is 11.5 Å². The van der Waals surface area contributed by atoms with Crippen LogP contribution < -0.4 is 15.4 Å². The minimum atomic E-state index is 0.472. The quantitative estimate of drug-likeness (QED) is 0.907. The van der Waals surface area contributed by atoms with E-state index >= 15 is 0 Å². The molecular weight excluding hydrogens is 238 g/mol. The Balaban J connectivity index is 2.10. The van der Waals surface area contributed by atoms with Crippen molar-refractivity contribution < 1.29 is 4.74 Å². The van der Waals surface area contributed by atoms with E-state index in [0.29, 0.717) is 24.1 Å². The van der Waals surface area contributed by atoms with E-state index in [4.69, 9.17) is 10.5 Å². The van der Waals surface area contributed by atoms with Crippen LogP contribution in [0.4, 0.5) is 11.5 Å². The molecule has 4 nitrogen and oxygen atoms in total. The van der Waals surface area contributed by atoms with Crippen molar-refractivity contribution in [3.05, 3.63) is 12.1 Å². The van der Waals surface area contributed by atoms with Crippen LogP contribution in [0.3, 0.4) is 0 Å². The second-order valence-electron chi connectivity index (χ2n) is 5.96. The summed E-state index contributed by atoms with van der Waals surface area (Å²) in [7, 11) is 0. The summed E-state index contributed by atoms with van der Waals surface area (Å²) >= 11 is 0. The van der Waals surface area contributed by atoms with E-state index in [1.807, 2.05) is 12.1 Å². The number of rotatable bonds is 4. The summed E-state index contributed by atoms with van der Waals surface area (Å²) in [4.78, 5) is 6.91. The van der Waals surface area contributed by atoms with E-state index in [9.17, 15) is 0 Å². The lowest BCUT2D eigenvalue weighted by Gasteiger charge is -2.32. The molecule has 4 heteroatoms. The van der Waals surface area contributed by atoms with Crippen LogP contribution in [0.2, 0.25) is 0 Å². The lowest BCUT2D eigenvalue weighted by atomic mass is 10.0. The maximum atomic E-state index is 5.93. The number of ether oxygens (including phenoxy) is 1. The lowest BCUT2D eigenvalue weighted by Crippen LogP contribution is -2.34. The summed E-state index contributed by atoms with van der Waals surface area (Å²) in [5.74, 6) is 2.76.